The molecule has 98 valence electrons. The minimum absolute atomic E-state index is 0.191. The highest BCUT2D eigenvalue weighted by Crippen LogP contribution is 2.16. The molecule has 1 N–H and O–H groups in total. The smallest absolute Gasteiger partial charge is 0.257 e. The molecule has 0 aliphatic rings. The van der Waals surface area contributed by atoms with Crippen LogP contribution in [0, 0.1) is 0 Å². The maximum Gasteiger partial charge on any atom is 0.257 e. The van der Waals surface area contributed by atoms with E-state index >= 15 is 0 Å². The number of hydrogen-bond donors (Lipinski definition) is 1. The Hall–Kier alpha value is -1.88. The summed E-state index contributed by atoms with van der Waals surface area (Å²) in [6, 6.07) is 10.7. The van der Waals surface area contributed by atoms with Crippen molar-refractivity contribution in [3.63, 3.8) is 0 Å². The standard InChI is InChI=1S/C14H13BrN2O2/c1-2-19-12-6-4-11(5-7-12)17-14(18)10-3-8-13(15)16-9-10/h3-9H,2H2,1H3,(H,17,18). The lowest BCUT2D eigenvalue weighted by atomic mass is 10.2. The molecule has 2 rings (SSSR count). The van der Waals surface area contributed by atoms with E-state index in [-0.39, 0.29) is 5.91 Å². The number of hydrogen-bond acceptors (Lipinski definition) is 3. The summed E-state index contributed by atoms with van der Waals surface area (Å²) in [5, 5.41) is 2.80. The molecule has 4 nitrogen and oxygen atoms in total. The van der Waals surface area contributed by atoms with Crippen LogP contribution in [0.3, 0.4) is 0 Å². The van der Waals surface area contributed by atoms with Gasteiger partial charge in [-0.3, -0.25) is 4.79 Å². The second-order valence-electron chi connectivity index (χ2n) is 3.78. The van der Waals surface area contributed by atoms with Gasteiger partial charge >= 0.3 is 0 Å². The first-order valence-electron chi connectivity index (χ1n) is 5.85. The van der Waals surface area contributed by atoms with Crippen molar-refractivity contribution in [2.24, 2.45) is 0 Å². The Morgan fingerprint density at radius 2 is 2.00 bits per heavy atom. The van der Waals surface area contributed by atoms with Crippen LogP contribution in [-0.2, 0) is 0 Å². The van der Waals surface area contributed by atoms with Gasteiger partial charge in [0.15, 0.2) is 0 Å². The fourth-order valence-electron chi connectivity index (χ4n) is 1.51. The first-order valence-corrected chi connectivity index (χ1v) is 6.64. The molecule has 2 aromatic rings. The molecule has 0 atom stereocenters. The second kappa shape index (κ2) is 6.33. The molecule has 0 saturated carbocycles. The van der Waals surface area contributed by atoms with Crippen LogP contribution in [0.25, 0.3) is 0 Å². The van der Waals surface area contributed by atoms with Gasteiger partial charge < -0.3 is 10.1 Å². The van der Waals surface area contributed by atoms with Crippen LogP contribution >= 0.6 is 15.9 Å². The molecule has 0 radical (unpaired) electrons. The Labute approximate surface area is 119 Å². The maximum atomic E-state index is 11.9. The number of nitrogens with zero attached hydrogens (tertiary/aromatic N) is 1. The molecule has 0 spiro atoms. The van der Waals surface area contributed by atoms with E-state index in [1.807, 2.05) is 19.1 Å². The van der Waals surface area contributed by atoms with Gasteiger partial charge in [-0.2, -0.15) is 0 Å². The van der Waals surface area contributed by atoms with Gasteiger partial charge in [0.25, 0.3) is 5.91 Å². The molecule has 0 bridgehead atoms. The number of halogens is 1. The summed E-state index contributed by atoms with van der Waals surface area (Å²) in [5.74, 6) is 0.593. The minimum atomic E-state index is -0.191. The molecular formula is C14H13BrN2O2. The predicted molar refractivity (Wildman–Crippen MR) is 77.5 cm³/mol. The van der Waals surface area contributed by atoms with E-state index in [1.165, 1.54) is 6.20 Å². The van der Waals surface area contributed by atoms with Crippen molar-refractivity contribution < 1.29 is 9.53 Å². The highest BCUT2D eigenvalue weighted by Gasteiger charge is 2.06. The fraction of sp³-hybridized carbons (Fsp3) is 0.143. The Balaban J connectivity index is 2.04. The van der Waals surface area contributed by atoms with Crippen LogP contribution in [0.1, 0.15) is 17.3 Å². The first-order chi connectivity index (χ1) is 9.19. The van der Waals surface area contributed by atoms with E-state index in [0.717, 1.165) is 11.4 Å². The molecule has 1 aromatic heterocycles. The SMILES string of the molecule is CCOc1ccc(NC(=O)c2ccc(Br)nc2)cc1. The quantitative estimate of drug-likeness (QED) is 0.877. The van der Waals surface area contributed by atoms with Gasteiger partial charge in [0.05, 0.1) is 12.2 Å². The van der Waals surface area contributed by atoms with Crippen molar-refractivity contribution in [3.8, 4) is 5.75 Å². The number of carbonyl (C=O) groups excluding carboxylic acids is 1. The average molecular weight is 321 g/mol. The van der Waals surface area contributed by atoms with Crippen molar-refractivity contribution in [1.29, 1.82) is 0 Å². The number of nitrogens with one attached hydrogen (secondary N) is 1. The zero-order chi connectivity index (χ0) is 13.7. The topological polar surface area (TPSA) is 51.2 Å². The molecule has 1 heterocycles. The Morgan fingerprint density at radius 1 is 1.26 bits per heavy atom. The molecule has 0 unspecified atom stereocenters. The van der Waals surface area contributed by atoms with Gasteiger partial charge in [-0.1, -0.05) is 0 Å². The molecule has 1 amide bonds. The van der Waals surface area contributed by atoms with Gasteiger partial charge in [0.2, 0.25) is 0 Å². The zero-order valence-electron chi connectivity index (χ0n) is 10.4. The summed E-state index contributed by atoms with van der Waals surface area (Å²) < 4.78 is 6.03. The number of ether oxygens (including phenoxy) is 1. The summed E-state index contributed by atoms with van der Waals surface area (Å²) in [4.78, 5) is 16.0. The van der Waals surface area contributed by atoms with E-state index in [1.54, 1.807) is 24.3 Å². The molecule has 0 aliphatic carbocycles. The fourth-order valence-corrected chi connectivity index (χ4v) is 1.75. The summed E-state index contributed by atoms with van der Waals surface area (Å²) in [6.07, 6.45) is 1.52. The predicted octanol–water partition coefficient (Wildman–Crippen LogP) is 3.50. The number of rotatable bonds is 4. The minimum Gasteiger partial charge on any atom is -0.494 e. The summed E-state index contributed by atoms with van der Waals surface area (Å²) in [6.45, 7) is 2.55. The van der Waals surface area contributed by atoms with Crippen molar-refractivity contribution in [1.82, 2.24) is 4.98 Å². The van der Waals surface area contributed by atoms with Crippen molar-refractivity contribution >= 4 is 27.5 Å². The van der Waals surface area contributed by atoms with Crippen molar-refractivity contribution in [2.45, 2.75) is 6.92 Å². The van der Waals surface area contributed by atoms with E-state index in [2.05, 4.69) is 26.2 Å². The zero-order valence-corrected chi connectivity index (χ0v) is 12.0. The van der Waals surface area contributed by atoms with Gasteiger partial charge in [-0.15, -0.1) is 0 Å². The van der Waals surface area contributed by atoms with E-state index < -0.39 is 0 Å². The van der Waals surface area contributed by atoms with Gasteiger partial charge in [-0.05, 0) is 59.3 Å². The van der Waals surface area contributed by atoms with Crippen LogP contribution in [0.5, 0.6) is 5.75 Å². The molecule has 0 fully saturated rings. The van der Waals surface area contributed by atoms with Gasteiger partial charge in [0.1, 0.15) is 10.4 Å². The molecule has 0 aliphatic heterocycles. The van der Waals surface area contributed by atoms with Crippen LogP contribution in [0.2, 0.25) is 0 Å². The largest absolute Gasteiger partial charge is 0.494 e. The summed E-state index contributed by atoms with van der Waals surface area (Å²) in [5.41, 5.74) is 1.23. The second-order valence-corrected chi connectivity index (χ2v) is 4.59. The highest BCUT2D eigenvalue weighted by atomic mass is 79.9. The Morgan fingerprint density at radius 3 is 2.58 bits per heavy atom. The molecule has 19 heavy (non-hydrogen) atoms. The van der Waals surface area contributed by atoms with E-state index in [0.29, 0.717) is 16.8 Å². The van der Waals surface area contributed by atoms with E-state index in [4.69, 9.17) is 4.74 Å². The highest BCUT2D eigenvalue weighted by molar-refractivity contribution is 9.10. The molecule has 5 heteroatoms. The number of amides is 1. The number of anilines is 1. The molecule has 1 aromatic carbocycles. The van der Waals surface area contributed by atoms with Gasteiger partial charge in [0, 0.05) is 11.9 Å². The number of carbonyl (C=O) groups is 1. The monoisotopic (exact) mass is 320 g/mol. The lowest BCUT2D eigenvalue weighted by Gasteiger charge is -2.07. The Bertz CT molecular complexity index is 553. The summed E-state index contributed by atoms with van der Waals surface area (Å²) in [7, 11) is 0. The van der Waals surface area contributed by atoms with Gasteiger partial charge in [-0.25, -0.2) is 4.98 Å². The maximum absolute atomic E-state index is 11.9. The van der Waals surface area contributed by atoms with Crippen molar-refractivity contribution in [2.75, 3.05) is 11.9 Å². The number of benzene rings is 1. The third-order valence-electron chi connectivity index (χ3n) is 2.41. The Kier molecular flexibility index (Phi) is 4.52. The summed E-state index contributed by atoms with van der Waals surface area (Å²) >= 11 is 3.23. The normalized spacial score (nSPS) is 10.0. The lowest BCUT2D eigenvalue weighted by Crippen LogP contribution is -2.12. The van der Waals surface area contributed by atoms with Crippen LogP contribution in [0.15, 0.2) is 47.2 Å². The van der Waals surface area contributed by atoms with Crippen LogP contribution in [0.4, 0.5) is 5.69 Å². The number of aromatic nitrogens is 1. The lowest BCUT2D eigenvalue weighted by molar-refractivity contribution is 0.102. The molecular weight excluding hydrogens is 308 g/mol. The third kappa shape index (κ3) is 3.79. The molecule has 0 saturated heterocycles. The van der Waals surface area contributed by atoms with Crippen molar-refractivity contribution in [3.05, 3.63) is 52.8 Å². The number of pyridine rings is 1. The third-order valence-corrected chi connectivity index (χ3v) is 2.88. The van der Waals surface area contributed by atoms with Crippen LogP contribution < -0.4 is 10.1 Å². The van der Waals surface area contributed by atoms with Crippen LogP contribution in [-0.4, -0.2) is 17.5 Å². The van der Waals surface area contributed by atoms with E-state index in [9.17, 15) is 4.79 Å². The average Bonchev–Trinajstić information content (AvgIpc) is 2.42. The first kappa shape index (κ1) is 13.5.